The van der Waals surface area contributed by atoms with E-state index in [1.54, 1.807) is 0 Å². The molecule has 1 aromatic heterocycles. The Morgan fingerprint density at radius 1 is 1.14 bits per heavy atom. The summed E-state index contributed by atoms with van der Waals surface area (Å²) in [6.45, 7) is 5.95. The molecule has 0 saturated carbocycles. The minimum absolute atomic E-state index is 0.0593. The number of amides is 2. The van der Waals surface area contributed by atoms with Gasteiger partial charge in [0, 0.05) is 26.7 Å². The molecule has 0 bridgehead atoms. The number of hydrogen-bond acceptors (Lipinski definition) is 3. The Bertz CT molecular complexity index is 879. The van der Waals surface area contributed by atoms with Crippen LogP contribution in [0.25, 0.3) is 0 Å². The lowest BCUT2D eigenvalue weighted by Crippen LogP contribution is -2.53. The van der Waals surface area contributed by atoms with Crippen LogP contribution in [-0.4, -0.2) is 48.3 Å². The number of carbonyl (C=O) groups is 2. The van der Waals surface area contributed by atoms with Gasteiger partial charge in [0.05, 0.1) is 11.5 Å². The van der Waals surface area contributed by atoms with Crippen LogP contribution in [0.4, 0.5) is 0 Å². The Kier molecular flexibility index (Phi) is 4.77. The first-order valence-electron chi connectivity index (χ1n) is 10.0. The maximum atomic E-state index is 12.9. The van der Waals surface area contributed by atoms with Gasteiger partial charge in [-0.1, -0.05) is 30.3 Å². The van der Waals surface area contributed by atoms with Gasteiger partial charge in [-0.3, -0.25) is 9.59 Å². The van der Waals surface area contributed by atoms with Crippen LogP contribution in [0.1, 0.15) is 52.6 Å². The van der Waals surface area contributed by atoms with E-state index in [0.29, 0.717) is 11.3 Å². The molecule has 0 N–H and O–H groups in total. The molecule has 1 atom stereocenters. The van der Waals surface area contributed by atoms with E-state index in [1.807, 2.05) is 55.0 Å². The van der Waals surface area contributed by atoms with E-state index in [2.05, 4.69) is 12.1 Å². The third-order valence-electron chi connectivity index (χ3n) is 6.47. The third kappa shape index (κ3) is 3.34. The summed E-state index contributed by atoms with van der Waals surface area (Å²) < 4.78 is 5.53. The van der Waals surface area contributed by atoms with Gasteiger partial charge in [-0.2, -0.15) is 0 Å². The Hall–Kier alpha value is -2.56. The zero-order chi connectivity index (χ0) is 19.9. The Morgan fingerprint density at radius 3 is 2.43 bits per heavy atom. The van der Waals surface area contributed by atoms with E-state index in [9.17, 15) is 9.59 Å². The summed E-state index contributed by atoms with van der Waals surface area (Å²) in [6.07, 6.45) is 2.72. The van der Waals surface area contributed by atoms with Crippen LogP contribution in [0.5, 0.6) is 0 Å². The number of benzene rings is 1. The third-order valence-corrected chi connectivity index (χ3v) is 6.47. The maximum absolute atomic E-state index is 12.9. The smallest absolute Gasteiger partial charge is 0.257 e. The lowest BCUT2D eigenvalue weighted by atomic mass is 9.67. The van der Waals surface area contributed by atoms with E-state index in [4.69, 9.17) is 4.42 Å². The second-order valence-electron chi connectivity index (χ2n) is 8.48. The van der Waals surface area contributed by atoms with Crippen molar-refractivity contribution in [3.05, 3.63) is 59.0 Å². The first kappa shape index (κ1) is 18.8. The lowest BCUT2D eigenvalue weighted by Gasteiger charge is -2.49. The summed E-state index contributed by atoms with van der Waals surface area (Å²) in [6, 6.07) is 11.9. The van der Waals surface area contributed by atoms with Crippen LogP contribution in [0.2, 0.25) is 0 Å². The fourth-order valence-electron chi connectivity index (χ4n) is 4.94. The molecule has 1 spiro atoms. The lowest BCUT2D eigenvalue weighted by molar-refractivity contribution is -0.139. The van der Waals surface area contributed by atoms with Gasteiger partial charge in [0.25, 0.3) is 5.91 Å². The van der Waals surface area contributed by atoms with E-state index in [0.717, 1.165) is 50.2 Å². The molecule has 0 unspecified atom stereocenters. The predicted octanol–water partition coefficient (Wildman–Crippen LogP) is 3.76. The number of aryl methyl sites for hydroxylation is 2. The highest BCUT2D eigenvalue weighted by Crippen LogP contribution is 2.45. The van der Waals surface area contributed by atoms with E-state index in [-0.39, 0.29) is 23.1 Å². The van der Waals surface area contributed by atoms with Gasteiger partial charge in [0.15, 0.2) is 0 Å². The van der Waals surface area contributed by atoms with Crippen LogP contribution in [0.15, 0.2) is 40.8 Å². The molecule has 2 aliphatic rings. The molecule has 2 fully saturated rings. The van der Waals surface area contributed by atoms with Gasteiger partial charge in [-0.05, 0) is 50.2 Å². The summed E-state index contributed by atoms with van der Waals surface area (Å²) in [5.41, 5.74) is 1.86. The number of carbonyl (C=O) groups excluding carboxylic acids is 2. The summed E-state index contributed by atoms with van der Waals surface area (Å²) in [4.78, 5) is 29.5. The molecule has 3 heterocycles. The standard InChI is InChI=1S/C23H28N2O3/c1-16-13-19(17(2)28-16)22(27)25-11-9-23(10-12-25)14-20(21(26)24(3)15-23)18-7-5-4-6-8-18/h4-8,13,20H,9-12,14-15H2,1-3H3/t20-/m1/s1. The number of rotatable bonds is 2. The molecule has 4 rings (SSSR count). The molecule has 148 valence electrons. The van der Waals surface area contributed by atoms with E-state index in [1.165, 1.54) is 0 Å². The molecule has 5 nitrogen and oxygen atoms in total. The van der Waals surface area contributed by atoms with Crippen LogP contribution in [0, 0.1) is 19.3 Å². The number of piperidine rings is 2. The highest BCUT2D eigenvalue weighted by Gasteiger charge is 2.45. The van der Waals surface area contributed by atoms with Crippen molar-refractivity contribution >= 4 is 11.8 Å². The van der Waals surface area contributed by atoms with Crippen LogP contribution in [0.3, 0.4) is 0 Å². The molecule has 1 aromatic carbocycles. The van der Waals surface area contributed by atoms with Gasteiger partial charge in [-0.15, -0.1) is 0 Å². The minimum atomic E-state index is -0.0824. The Balaban J connectivity index is 1.49. The van der Waals surface area contributed by atoms with Crippen molar-refractivity contribution in [1.29, 1.82) is 0 Å². The SMILES string of the molecule is Cc1cc(C(=O)N2CCC3(CC2)C[C@H](c2ccccc2)C(=O)N(C)C3)c(C)o1. The second-order valence-corrected chi connectivity index (χ2v) is 8.48. The number of likely N-dealkylation sites (N-methyl/N-ethyl adjacent to an activating group) is 1. The van der Waals surface area contributed by atoms with Crippen LogP contribution in [-0.2, 0) is 4.79 Å². The van der Waals surface area contributed by atoms with Crippen molar-refractivity contribution in [2.24, 2.45) is 5.41 Å². The average molecular weight is 380 g/mol. The zero-order valence-corrected chi connectivity index (χ0v) is 16.9. The van der Waals surface area contributed by atoms with Crippen molar-refractivity contribution in [3.63, 3.8) is 0 Å². The van der Waals surface area contributed by atoms with Gasteiger partial charge in [0.2, 0.25) is 5.91 Å². The largest absolute Gasteiger partial charge is 0.466 e. The van der Waals surface area contributed by atoms with E-state index >= 15 is 0 Å². The number of hydrogen-bond donors (Lipinski definition) is 0. The summed E-state index contributed by atoms with van der Waals surface area (Å²) in [7, 11) is 1.91. The number of nitrogens with zero attached hydrogens (tertiary/aromatic N) is 2. The van der Waals surface area contributed by atoms with Crippen molar-refractivity contribution in [2.45, 2.75) is 39.0 Å². The molecule has 0 radical (unpaired) electrons. The summed E-state index contributed by atoms with van der Waals surface area (Å²) in [5, 5.41) is 0. The Morgan fingerprint density at radius 2 is 1.82 bits per heavy atom. The zero-order valence-electron chi connectivity index (χ0n) is 16.9. The molecule has 5 heteroatoms. The minimum Gasteiger partial charge on any atom is -0.466 e. The molecule has 2 amide bonds. The summed E-state index contributed by atoms with van der Waals surface area (Å²) in [5.74, 6) is 1.65. The first-order chi connectivity index (χ1) is 13.4. The van der Waals surface area contributed by atoms with Crippen molar-refractivity contribution < 1.29 is 14.0 Å². The van der Waals surface area contributed by atoms with E-state index < -0.39 is 0 Å². The average Bonchev–Trinajstić information content (AvgIpc) is 3.04. The monoisotopic (exact) mass is 380 g/mol. The quantitative estimate of drug-likeness (QED) is 0.797. The van der Waals surface area contributed by atoms with Gasteiger partial charge >= 0.3 is 0 Å². The Labute approximate surface area is 166 Å². The van der Waals surface area contributed by atoms with Crippen molar-refractivity contribution in [1.82, 2.24) is 9.80 Å². The van der Waals surface area contributed by atoms with Gasteiger partial charge in [0.1, 0.15) is 11.5 Å². The maximum Gasteiger partial charge on any atom is 0.257 e. The molecule has 0 aliphatic carbocycles. The van der Waals surface area contributed by atoms with Gasteiger partial charge < -0.3 is 14.2 Å². The molecule has 2 aromatic rings. The van der Waals surface area contributed by atoms with Gasteiger partial charge in [-0.25, -0.2) is 0 Å². The molecule has 2 saturated heterocycles. The first-order valence-corrected chi connectivity index (χ1v) is 10.0. The molecule has 28 heavy (non-hydrogen) atoms. The van der Waals surface area contributed by atoms with Crippen molar-refractivity contribution in [3.8, 4) is 0 Å². The number of furan rings is 1. The molecule has 2 aliphatic heterocycles. The fraction of sp³-hybridized carbons (Fsp3) is 0.478. The molecular formula is C23H28N2O3. The molecular weight excluding hydrogens is 352 g/mol. The highest BCUT2D eigenvalue weighted by atomic mass is 16.3. The summed E-state index contributed by atoms with van der Waals surface area (Å²) >= 11 is 0. The van der Waals surface area contributed by atoms with Crippen LogP contribution < -0.4 is 0 Å². The van der Waals surface area contributed by atoms with Crippen molar-refractivity contribution in [2.75, 3.05) is 26.7 Å². The second kappa shape index (κ2) is 7.12. The highest BCUT2D eigenvalue weighted by molar-refractivity contribution is 5.95. The normalized spacial score (nSPS) is 22.0. The topological polar surface area (TPSA) is 53.8 Å². The van der Waals surface area contributed by atoms with Crippen LogP contribution >= 0.6 is 0 Å². The predicted molar refractivity (Wildman–Crippen MR) is 107 cm³/mol. The fourth-order valence-corrected chi connectivity index (χ4v) is 4.94. The number of likely N-dealkylation sites (tertiary alicyclic amines) is 2.